The van der Waals surface area contributed by atoms with E-state index in [0.717, 1.165) is 12.8 Å². The van der Waals surface area contributed by atoms with Gasteiger partial charge in [0.15, 0.2) is 0 Å². The minimum atomic E-state index is -5.28. The number of benzene rings is 1. The Morgan fingerprint density at radius 2 is 1.92 bits per heavy atom. The summed E-state index contributed by atoms with van der Waals surface area (Å²) in [6.45, 7) is 0.208. The minimum absolute atomic E-state index is 0.0856. The number of nitrogens with two attached hydrogens (primary N) is 1. The van der Waals surface area contributed by atoms with Gasteiger partial charge in [0, 0.05) is 29.8 Å². The molecular weight excluding hydrogens is 364 g/mol. The number of rotatable bonds is 5. The fourth-order valence-electron chi connectivity index (χ4n) is 2.36. The summed E-state index contributed by atoms with van der Waals surface area (Å²) < 4.78 is 54.7. The highest BCUT2D eigenvalue weighted by Crippen LogP contribution is 2.43. The highest BCUT2D eigenvalue weighted by Gasteiger charge is 2.43. The predicted octanol–water partition coefficient (Wildman–Crippen LogP) is 3.40. The summed E-state index contributed by atoms with van der Waals surface area (Å²) in [7, 11) is -5.28. The fourth-order valence-corrected chi connectivity index (χ4v) is 2.84. The third-order valence-electron chi connectivity index (χ3n) is 3.96. The number of pyridine rings is 1. The molecule has 1 aromatic carbocycles. The monoisotopic (exact) mass is 379 g/mol. The van der Waals surface area contributed by atoms with Gasteiger partial charge in [-0.3, -0.25) is 0 Å². The summed E-state index contributed by atoms with van der Waals surface area (Å²) in [5.41, 5.74) is 7.37. The lowest BCUT2D eigenvalue weighted by atomic mass is 9.99. The molecule has 6 nitrogen and oxygen atoms in total. The van der Waals surface area contributed by atoms with Crippen LogP contribution in [0.1, 0.15) is 36.9 Å². The topological polar surface area (TPSA) is 106 Å². The smallest absolute Gasteiger partial charge is 0.377 e. The number of anilines is 1. The molecule has 0 atom stereocenters. The zero-order valence-electron chi connectivity index (χ0n) is 13.7. The number of nitrogen functional groups attached to an aromatic ring is 1. The summed E-state index contributed by atoms with van der Waals surface area (Å²) in [5, 5.41) is 5.36. The summed E-state index contributed by atoms with van der Waals surface area (Å²) >= 11 is 0. The minimum Gasteiger partial charge on any atom is -0.399 e. The molecule has 136 valence electrons. The molecule has 0 saturated heterocycles. The summed E-state index contributed by atoms with van der Waals surface area (Å²) in [5.74, 6) is -0.548. The molecular formula is C17H15F2N3O3S. The molecule has 0 bridgehead atoms. The maximum Gasteiger partial charge on any atom is 0.377 e. The van der Waals surface area contributed by atoms with Gasteiger partial charge in [-0.25, -0.2) is 4.98 Å². The van der Waals surface area contributed by atoms with E-state index in [1.165, 1.54) is 0 Å². The van der Waals surface area contributed by atoms with Crippen LogP contribution in [0.5, 0.6) is 5.88 Å². The molecule has 0 unspecified atom stereocenters. The van der Waals surface area contributed by atoms with E-state index in [1.54, 1.807) is 30.3 Å². The van der Waals surface area contributed by atoms with Crippen molar-refractivity contribution in [3.63, 3.8) is 0 Å². The molecule has 0 radical (unpaired) electrons. The Bertz CT molecular complexity index is 990. The highest BCUT2D eigenvalue weighted by atomic mass is 32.2. The van der Waals surface area contributed by atoms with Crippen LogP contribution >= 0.6 is 0 Å². The van der Waals surface area contributed by atoms with Gasteiger partial charge in [-0.1, -0.05) is 12.1 Å². The van der Waals surface area contributed by atoms with Crippen molar-refractivity contribution in [3.8, 4) is 23.1 Å². The SMILES string of the molecule is CC(F)(F)S(=O)(=O)Oc1nc(C2CC2)cc(-c2ccc(N)cc2)c1C#N. The van der Waals surface area contributed by atoms with E-state index in [9.17, 15) is 22.5 Å². The molecule has 0 amide bonds. The molecule has 9 heteroatoms. The third-order valence-corrected chi connectivity index (χ3v) is 5.22. The van der Waals surface area contributed by atoms with E-state index < -0.39 is 21.3 Å². The summed E-state index contributed by atoms with van der Waals surface area (Å²) in [6.07, 6.45) is 1.69. The van der Waals surface area contributed by atoms with Crippen molar-refractivity contribution in [3.05, 3.63) is 41.6 Å². The van der Waals surface area contributed by atoms with Gasteiger partial charge < -0.3 is 9.92 Å². The van der Waals surface area contributed by atoms with E-state index in [1.807, 2.05) is 6.07 Å². The number of hydrogen-bond acceptors (Lipinski definition) is 6. The maximum atomic E-state index is 13.3. The first-order chi connectivity index (χ1) is 12.1. The van der Waals surface area contributed by atoms with Crippen molar-refractivity contribution in [2.45, 2.75) is 30.9 Å². The second-order valence-corrected chi connectivity index (χ2v) is 7.92. The second-order valence-electron chi connectivity index (χ2n) is 6.13. The lowest BCUT2D eigenvalue weighted by molar-refractivity contribution is 0.103. The predicted molar refractivity (Wildman–Crippen MR) is 90.9 cm³/mol. The summed E-state index contributed by atoms with van der Waals surface area (Å²) in [6, 6.07) is 10.00. The van der Waals surface area contributed by atoms with E-state index in [2.05, 4.69) is 9.17 Å². The molecule has 1 saturated carbocycles. The average molecular weight is 379 g/mol. The number of hydrogen-bond donors (Lipinski definition) is 1. The number of nitrogens with zero attached hydrogens (tertiary/aromatic N) is 2. The molecule has 1 heterocycles. The fraction of sp³-hybridized carbons (Fsp3) is 0.294. The van der Waals surface area contributed by atoms with Gasteiger partial charge in [-0.15, -0.1) is 0 Å². The second kappa shape index (κ2) is 6.21. The molecule has 2 N–H and O–H groups in total. The Balaban J connectivity index is 2.18. The van der Waals surface area contributed by atoms with Crippen molar-refractivity contribution in [1.82, 2.24) is 4.98 Å². The number of alkyl halides is 2. The molecule has 1 aliphatic rings. The van der Waals surface area contributed by atoms with E-state index in [-0.39, 0.29) is 18.4 Å². The zero-order valence-corrected chi connectivity index (χ0v) is 14.6. The van der Waals surface area contributed by atoms with Gasteiger partial charge in [0.05, 0.1) is 0 Å². The number of halogens is 2. The average Bonchev–Trinajstić information content (AvgIpc) is 3.38. The highest BCUT2D eigenvalue weighted by molar-refractivity contribution is 7.88. The molecule has 2 aromatic rings. The van der Waals surface area contributed by atoms with E-state index in [4.69, 9.17) is 5.73 Å². The van der Waals surface area contributed by atoms with Crippen LogP contribution in [0.2, 0.25) is 0 Å². The third kappa shape index (κ3) is 3.46. The van der Waals surface area contributed by atoms with Crippen LogP contribution in [0.4, 0.5) is 14.5 Å². The quantitative estimate of drug-likeness (QED) is 0.630. The van der Waals surface area contributed by atoms with Crippen molar-refractivity contribution in [1.29, 1.82) is 5.26 Å². The van der Waals surface area contributed by atoms with Gasteiger partial charge >= 0.3 is 15.4 Å². The van der Waals surface area contributed by atoms with Crippen molar-refractivity contribution < 1.29 is 21.4 Å². The largest absolute Gasteiger partial charge is 0.399 e. The van der Waals surface area contributed by atoms with E-state index >= 15 is 0 Å². The maximum absolute atomic E-state index is 13.3. The lowest BCUT2D eigenvalue weighted by Crippen LogP contribution is -2.30. The van der Waals surface area contributed by atoms with Crippen LogP contribution in [-0.4, -0.2) is 18.7 Å². The zero-order chi connectivity index (χ0) is 19.1. The lowest BCUT2D eigenvalue weighted by Gasteiger charge is -2.15. The first-order valence-electron chi connectivity index (χ1n) is 7.75. The Kier molecular flexibility index (Phi) is 4.32. The van der Waals surface area contributed by atoms with Crippen LogP contribution in [0, 0.1) is 11.3 Å². The van der Waals surface area contributed by atoms with Crippen LogP contribution in [0.25, 0.3) is 11.1 Å². The van der Waals surface area contributed by atoms with Gasteiger partial charge in [0.25, 0.3) is 5.88 Å². The molecule has 1 aliphatic carbocycles. The normalized spacial score (nSPS) is 14.7. The first kappa shape index (κ1) is 18.1. The van der Waals surface area contributed by atoms with Crippen molar-refractivity contribution in [2.24, 2.45) is 0 Å². The van der Waals surface area contributed by atoms with Crippen LogP contribution < -0.4 is 9.92 Å². The summed E-state index contributed by atoms with van der Waals surface area (Å²) in [4.78, 5) is 4.03. The number of aromatic nitrogens is 1. The Morgan fingerprint density at radius 1 is 1.31 bits per heavy atom. The molecule has 1 aromatic heterocycles. The molecule has 0 spiro atoms. The van der Waals surface area contributed by atoms with Gasteiger partial charge in [-0.2, -0.15) is 22.5 Å². The van der Waals surface area contributed by atoms with Gasteiger partial charge in [-0.05, 0) is 36.6 Å². The molecule has 3 rings (SSSR count). The Morgan fingerprint density at radius 3 is 2.42 bits per heavy atom. The number of nitriles is 1. The van der Waals surface area contributed by atoms with Crippen molar-refractivity contribution >= 4 is 15.8 Å². The molecule has 1 fully saturated rings. The van der Waals surface area contributed by atoms with Crippen molar-refractivity contribution in [2.75, 3.05) is 5.73 Å². The van der Waals surface area contributed by atoms with Crippen LogP contribution in [0.15, 0.2) is 30.3 Å². The van der Waals surface area contributed by atoms with Gasteiger partial charge in [0.1, 0.15) is 11.6 Å². The van der Waals surface area contributed by atoms with Crippen LogP contribution in [0.3, 0.4) is 0 Å². The Labute approximate surface area is 149 Å². The molecule has 26 heavy (non-hydrogen) atoms. The standard InChI is InChI=1S/C17H15F2N3O3S/c1-17(18,19)26(23,24)25-16-14(9-20)13(8-15(22-16)11-2-3-11)10-4-6-12(21)7-5-10/h4-8,11H,2-3,21H2,1H3. The first-order valence-corrected chi connectivity index (χ1v) is 9.16. The van der Waals surface area contributed by atoms with E-state index in [0.29, 0.717) is 22.5 Å². The molecule has 0 aliphatic heterocycles. The Hall–Kier alpha value is -2.73. The van der Waals surface area contributed by atoms with Gasteiger partial charge in [0.2, 0.25) is 0 Å². The van der Waals surface area contributed by atoms with Crippen LogP contribution in [-0.2, 0) is 10.1 Å².